The maximum absolute atomic E-state index is 10.9. The van der Waals surface area contributed by atoms with E-state index in [1.807, 2.05) is 11.9 Å². The smallest absolute Gasteiger partial charge is 0.311 e. The summed E-state index contributed by atoms with van der Waals surface area (Å²) in [5, 5.41) is 21.4. The van der Waals surface area contributed by atoms with Crippen molar-refractivity contribution in [1.29, 1.82) is 0 Å². The van der Waals surface area contributed by atoms with Crippen molar-refractivity contribution in [3.63, 3.8) is 0 Å². The second-order valence-electron chi connectivity index (χ2n) is 5.31. The van der Waals surface area contributed by atoms with Gasteiger partial charge in [-0.1, -0.05) is 0 Å². The number of hydrogen-bond acceptors (Lipinski definition) is 6. The SMILES string of the molecule is COc1cc(N(C)CC2(O)CCOCC2)ccc1[N+](=O)[O-]. The first-order valence-corrected chi connectivity index (χ1v) is 6.79. The van der Waals surface area contributed by atoms with Crippen LogP contribution in [0.1, 0.15) is 12.8 Å². The average molecular weight is 296 g/mol. The van der Waals surface area contributed by atoms with E-state index in [1.54, 1.807) is 12.1 Å². The number of ether oxygens (including phenoxy) is 2. The van der Waals surface area contributed by atoms with Crippen molar-refractivity contribution >= 4 is 11.4 Å². The summed E-state index contributed by atoms with van der Waals surface area (Å²) < 4.78 is 10.3. The Hall–Kier alpha value is -1.86. The number of nitro benzene ring substituents is 1. The Labute approximate surface area is 123 Å². The molecule has 1 aromatic carbocycles. The highest BCUT2D eigenvalue weighted by molar-refractivity contribution is 5.59. The summed E-state index contributed by atoms with van der Waals surface area (Å²) in [4.78, 5) is 12.3. The number of aliphatic hydroxyl groups is 1. The van der Waals surface area contributed by atoms with Crippen molar-refractivity contribution in [3.05, 3.63) is 28.3 Å². The minimum absolute atomic E-state index is 0.0700. The first-order valence-electron chi connectivity index (χ1n) is 6.79. The molecule has 0 saturated carbocycles. The van der Waals surface area contributed by atoms with Crippen LogP contribution in [-0.2, 0) is 4.74 Å². The van der Waals surface area contributed by atoms with Crippen LogP contribution >= 0.6 is 0 Å². The number of benzene rings is 1. The lowest BCUT2D eigenvalue weighted by atomic mass is 9.94. The molecule has 7 heteroatoms. The summed E-state index contributed by atoms with van der Waals surface area (Å²) in [5.74, 6) is 0.211. The fourth-order valence-corrected chi connectivity index (χ4v) is 2.50. The quantitative estimate of drug-likeness (QED) is 0.656. The largest absolute Gasteiger partial charge is 0.490 e. The summed E-state index contributed by atoms with van der Waals surface area (Å²) >= 11 is 0. The first-order chi connectivity index (χ1) is 9.95. The fourth-order valence-electron chi connectivity index (χ4n) is 2.50. The van der Waals surface area contributed by atoms with Gasteiger partial charge in [-0.3, -0.25) is 10.1 Å². The molecule has 0 radical (unpaired) electrons. The maximum atomic E-state index is 10.9. The van der Waals surface area contributed by atoms with E-state index in [9.17, 15) is 15.2 Å². The minimum Gasteiger partial charge on any atom is -0.490 e. The van der Waals surface area contributed by atoms with Gasteiger partial charge in [-0.25, -0.2) is 0 Å². The second-order valence-corrected chi connectivity index (χ2v) is 5.31. The highest BCUT2D eigenvalue weighted by Gasteiger charge is 2.31. The third-order valence-electron chi connectivity index (χ3n) is 3.76. The molecule has 1 aromatic rings. The Bertz CT molecular complexity index is 514. The Balaban J connectivity index is 2.15. The van der Waals surface area contributed by atoms with Gasteiger partial charge in [0.2, 0.25) is 0 Å². The van der Waals surface area contributed by atoms with Crippen LogP contribution in [0.5, 0.6) is 5.75 Å². The van der Waals surface area contributed by atoms with E-state index in [4.69, 9.17) is 9.47 Å². The van der Waals surface area contributed by atoms with Crippen LogP contribution in [-0.4, -0.2) is 49.5 Å². The topological polar surface area (TPSA) is 85.1 Å². The minimum atomic E-state index is -0.790. The van der Waals surface area contributed by atoms with E-state index < -0.39 is 10.5 Å². The van der Waals surface area contributed by atoms with Gasteiger partial charge in [0.05, 0.1) is 17.6 Å². The molecule has 2 rings (SSSR count). The molecule has 0 unspecified atom stereocenters. The Morgan fingerprint density at radius 1 is 1.48 bits per heavy atom. The van der Waals surface area contributed by atoms with Gasteiger partial charge in [0.1, 0.15) is 0 Å². The Morgan fingerprint density at radius 2 is 2.14 bits per heavy atom. The third-order valence-corrected chi connectivity index (χ3v) is 3.76. The zero-order valence-electron chi connectivity index (χ0n) is 12.2. The van der Waals surface area contributed by atoms with Crippen LogP contribution in [0.3, 0.4) is 0 Å². The summed E-state index contributed by atoms with van der Waals surface area (Å²) in [6.07, 6.45) is 1.17. The van der Waals surface area contributed by atoms with Crippen LogP contribution < -0.4 is 9.64 Å². The van der Waals surface area contributed by atoms with Crippen molar-refractivity contribution in [1.82, 2.24) is 0 Å². The molecule has 1 saturated heterocycles. The van der Waals surface area contributed by atoms with E-state index >= 15 is 0 Å². The molecule has 21 heavy (non-hydrogen) atoms. The number of hydrogen-bond donors (Lipinski definition) is 1. The summed E-state index contributed by atoms with van der Waals surface area (Å²) in [5.41, 5.74) is -0.0982. The number of nitro groups is 1. The standard InChI is InChI=1S/C14H20N2O5/c1-15(10-14(17)5-7-21-8-6-14)11-3-4-12(16(18)19)13(9-11)20-2/h3-4,9,17H,5-8,10H2,1-2H3. The number of nitrogens with zero attached hydrogens (tertiary/aromatic N) is 2. The van der Waals surface area contributed by atoms with Gasteiger partial charge in [0.25, 0.3) is 0 Å². The summed E-state index contributed by atoms with van der Waals surface area (Å²) in [6.45, 7) is 1.54. The van der Waals surface area contributed by atoms with Crippen molar-refractivity contribution in [2.24, 2.45) is 0 Å². The van der Waals surface area contributed by atoms with Crippen molar-refractivity contribution in [2.75, 3.05) is 38.8 Å². The first kappa shape index (κ1) is 15.5. The summed E-state index contributed by atoms with van der Waals surface area (Å²) in [6, 6.07) is 4.68. The normalized spacial score (nSPS) is 17.3. The third kappa shape index (κ3) is 3.62. The number of anilines is 1. The Kier molecular flexibility index (Phi) is 4.64. The molecule has 7 nitrogen and oxygen atoms in total. The van der Waals surface area contributed by atoms with Crippen LogP contribution in [0, 0.1) is 10.1 Å². The summed E-state index contributed by atoms with van der Waals surface area (Å²) in [7, 11) is 3.24. The van der Waals surface area contributed by atoms with Gasteiger partial charge < -0.3 is 19.5 Å². The van der Waals surface area contributed by atoms with Gasteiger partial charge in [0.15, 0.2) is 5.75 Å². The molecule has 0 amide bonds. The lowest BCUT2D eigenvalue weighted by molar-refractivity contribution is -0.385. The molecule has 1 N–H and O–H groups in total. The maximum Gasteiger partial charge on any atom is 0.311 e. The molecule has 0 aromatic heterocycles. The van der Waals surface area contributed by atoms with Crippen LogP contribution in [0.2, 0.25) is 0 Å². The van der Waals surface area contributed by atoms with Crippen molar-refractivity contribution in [2.45, 2.75) is 18.4 Å². The van der Waals surface area contributed by atoms with Crippen molar-refractivity contribution < 1.29 is 19.5 Å². The highest BCUT2D eigenvalue weighted by atomic mass is 16.6. The molecule has 0 atom stereocenters. The van der Waals surface area contributed by atoms with E-state index in [0.29, 0.717) is 32.6 Å². The van der Waals surface area contributed by atoms with Gasteiger partial charge in [-0.15, -0.1) is 0 Å². The van der Waals surface area contributed by atoms with Gasteiger partial charge in [-0.2, -0.15) is 0 Å². The molecule has 116 valence electrons. The molecule has 0 spiro atoms. The van der Waals surface area contributed by atoms with Crippen LogP contribution in [0.15, 0.2) is 18.2 Å². The monoisotopic (exact) mass is 296 g/mol. The number of likely N-dealkylation sites (N-methyl/N-ethyl adjacent to an activating group) is 1. The molecule has 0 aliphatic carbocycles. The van der Waals surface area contributed by atoms with E-state index in [0.717, 1.165) is 5.69 Å². The second kappa shape index (κ2) is 6.28. The van der Waals surface area contributed by atoms with Crippen LogP contribution in [0.25, 0.3) is 0 Å². The predicted octanol–water partition coefficient (Wildman–Crippen LogP) is 1.58. The van der Waals surface area contributed by atoms with Crippen LogP contribution in [0.4, 0.5) is 11.4 Å². The predicted molar refractivity (Wildman–Crippen MR) is 77.9 cm³/mol. The zero-order chi connectivity index (χ0) is 15.5. The van der Waals surface area contributed by atoms with E-state index in [2.05, 4.69) is 0 Å². The zero-order valence-corrected chi connectivity index (χ0v) is 12.2. The molecular weight excluding hydrogens is 276 g/mol. The number of methoxy groups -OCH3 is 1. The molecule has 1 aliphatic heterocycles. The van der Waals surface area contributed by atoms with E-state index in [1.165, 1.54) is 13.2 Å². The van der Waals surface area contributed by atoms with Gasteiger partial charge in [-0.05, 0) is 6.07 Å². The Morgan fingerprint density at radius 3 is 2.71 bits per heavy atom. The fraction of sp³-hybridized carbons (Fsp3) is 0.571. The lowest BCUT2D eigenvalue weighted by Gasteiger charge is -2.36. The number of rotatable bonds is 5. The van der Waals surface area contributed by atoms with Crippen molar-refractivity contribution in [3.8, 4) is 5.75 Å². The van der Waals surface area contributed by atoms with Gasteiger partial charge in [0, 0.05) is 57.5 Å². The lowest BCUT2D eigenvalue weighted by Crippen LogP contribution is -2.45. The van der Waals surface area contributed by atoms with E-state index in [-0.39, 0.29) is 11.4 Å². The highest BCUT2D eigenvalue weighted by Crippen LogP contribution is 2.32. The molecule has 1 aliphatic rings. The molecular formula is C14H20N2O5. The molecule has 0 bridgehead atoms. The molecule has 1 heterocycles. The average Bonchev–Trinajstić information content (AvgIpc) is 2.46. The molecule has 1 fully saturated rings. The van der Waals surface area contributed by atoms with Gasteiger partial charge >= 0.3 is 5.69 Å².